The number of hydrogen-bond acceptors (Lipinski definition) is 4. The van der Waals surface area contributed by atoms with Crippen molar-refractivity contribution in [2.45, 2.75) is 33.2 Å². The van der Waals surface area contributed by atoms with Crippen LogP contribution in [0.3, 0.4) is 0 Å². The van der Waals surface area contributed by atoms with Crippen LogP contribution in [-0.4, -0.2) is 36.5 Å². The maximum atomic E-state index is 12.7. The average molecular weight is 415 g/mol. The van der Waals surface area contributed by atoms with Gasteiger partial charge in [0.1, 0.15) is 0 Å². The van der Waals surface area contributed by atoms with Gasteiger partial charge >= 0.3 is 5.97 Å². The van der Waals surface area contributed by atoms with E-state index >= 15 is 0 Å². The van der Waals surface area contributed by atoms with Gasteiger partial charge in [-0.05, 0) is 69.1 Å². The summed E-state index contributed by atoms with van der Waals surface area (Å²) in [6.07, 6.45) is 1.63. The Labute approximate surface area is 177 Å². The topological polar surface area (TPSA) is 58.6 Å². The van der Waals surface area contributed by atoms with E-state index in [2.05, 4.69) is 41.4 Å². The summed E-state index contributed by atoms with van der Waals surface area (Å²) in [5.41, 5.74) is 3.46. The van der Waals surface area contributed by atoms with Gasteiger partial charge < -0.3 is 10.1 Å². The van der Waals surface area contributed by atoms with Gasteiger partial charge in [-0.1, -0.05) is 35.9 Å². The maximum Gasteiger partial charge on any atom is 0.339 e. The number of amides is 1. The first kappa shape index (κ1) is 21.3. The minimum atomic E-state index is -0.488. The minimum absolute atomic E-state index is 0.0160. The first-order chi connectivity index (χ1) is 14.0. The fraction of sp³-hybridized carbons (Fsp3) is 0.391. The Hall–Kier alpha value is -2.37. The van der Waals surface area contributed by atoms with Crippen molar-refractivity contribution in [2.75, 3.05) is 25.0 Å². The zero-order valence-corrected chi connectivity index (χ0v) is 17.7. The lowest BCUT2D eigenvalue weighted by Gasteiger charge is -2.31. The first-order valence-electron chi connectivity index (χ1n) is 10.0. The molecule has 1 fully saturated rings. The molecule has 1 aliphatic heterocycles. The molecular formula is C23H27ClN2O3. The Morgan fingerprint density at radius 3 is 2.59 bits per heavy atom. The predicted molar refractivity (Wildman–Crippen MR) is 115 cm³/mol. The van der Waals surface area contributed by atoms with Gasteiger partial charge in [0.2, 0.25) is 5.91 Å². The van der Waals surface area contributed by atoms with E-state index in [1.165, 1.54) is 11.1 Å². The van der Waals surface area contributed by atoms with Crippen LogP contribution in [0.1, 0.15) is 41.3 Å². The van der Waals surface area contributed by atoms with Gasteiger partial charge in [0.05, 0.1) is 17.2 Å². The van der Waals surface area contributed by atoms with Gasteiger partial charge in [-0.25, -0.2) is 4.79 Å². The standard InChI is InChI=1S/C23H27ClN2O3/c1-3-29-23(28)20-14-19(8-9-21(20)24)25-22(27)17-10-12-26(13-11-17)15-18-7-5-4-6-16(18)2/h4-9,14,17H,3,10-13,15H2,1-2H3,(H,25,27). The molecular weight excluding hydrogens is 388 g/mol. The summed E-state index contributed by atoms with van der Waals surface area (Å²) in [6.45, 7) is 6.84. The number of carbonyl (C=O) groups excluding carboxylic acids is 2. The van der Waals surface area contributed by atoms with E-state index in [4.69, 9.17) is 16.3 Å². The summed E-state index contributed by atoms with van der Waals surface area (Å²) in [6, 6.07) is 13.3. The number of nitrogens with one attached hydrogen (secondary N) is 1. The van der Waals surface area contributed by atoms with E-state index in [1.807, 2.05) is 0 Å². The Bertz CT molecular complexity index is 876. The normalized spacial score (nSPS) is 15.1. The van der Waals surface area contributed by atoms with Crippen LogP contribution in [0.15, 0.2) is 42.5 Å². The van der Waals surface area contributed by atoms with E-state index in [-0.39, 0.29) is 24.0 Å². The van der Waals surface area contributed by atoms with Crippen LogP contribution in [0, 0.1) is 12.8 Å². The SMILES string of the molecule is CCOC(=O)c1cc(NC(=O)C2CCN(Cc3ccccc3C)CC2)ccc1Cl. The third-order valence-electron chi connectivity index (χ3n) is 5.34. The van der Waals surface area contributed by atoms with E-state index < -0.39 is 5.97 Å². The molecule has 1 saturated heterocycles. The molecule has 0 spiro atoms. The Morgan fingerprint density at radius 2 is 1.90 bits per heavy atom. The fourth-order valence-electron chi connectivity index (χ4n) is 3.59. The molecule has 29 heavy (non-hydrogen) atoms. The van der Waals surface area contributed by atoms with Gasteiger partial charge in [-0.15, -0.1) is 0 Å². The number of esters is 1. The summed E-state index contributed by atoms with van der Waals surface area (Å²) >= 11 is 6.09. The number of piperidine rings is 1. The maximum absolute atomic E-state index is 12.7. The highest BCUT2D eigenvalue weighted by molar-refractivity contribution is 6.33. The molecule has 1 aliphatic rings. The van der Waals surface area contributed by atoms with Gasteiger partial charge in [0.25, 0.3) is 0 Å². The lowest BCUT2D eigenvalue weighted by Crippen LogP contribution is -2.37. The van der Waals surface area contributed by atoms with Crippen molar-refractivity contribution in [2.24, 2.45) is 5.92 Å². The smallest absolute Gasteiger partial charge is 0.339 e. The van der Waals surface area contributed by atoms with Gasteiger partial charge in [-0.3, -0.25) is 9.69 Å². The quantitative estimate of drug-likeness (QED) is 0.697. The Kier molecular flexibility index (Phi) is 7.29. The van der Waals surface area contributed by atoms with Gasteiger partial charge in [-0.2, -0.15) is 0 Å². The second kappa shape index (κ2) is 9.90. The van der Waals surface area contributed by atoms with Crippen LogP contribution < -0.4 is 5.32 Å². The average Bonchev–Trinajstić information content (AvgIpc) is 2.72. The zero-order chi connectivity index (χ0) is 20.8. The van der Waals surface area contributed by atoms with Crippen molar-refractivity contribution in [1.82, 2.24) is 4.90 Å². The molecule has 2 aromatic rings. The summed E-state index contributed by atoms with van der Waals surface area (Å²) < 4.78 is 5.01. The van der Waals surface area contributed by atoms with Crippen LogP contribution in [0.2, 0.25) is 5.02 Å². The fourth-order valence-corrected chi connectivity index (χ4v) is 3.79. The third-order valence-corrected chi connectivity index (χ3v) is 5.67. The molecule has 0 unspecified atom stereocenters. The van der Waals surface area contributed by atoms with E-state index in [9.17, 15) is 9.59 Å². The lowest BCUT2D eigenvalue weighted by molar-refractivity contribution is -0.121. The van der Waals surface area contributed by atoms with Crippen molar-refractivity contribution in [3.05, 3.63) is 64.2 Å². The molecule has 1 N–H and O–H groups in total. The molecule has 3 rings (SSSR count). The molecule has 154 valence electrons. The van der Waals surface area contributed by atoms with Gasteiger partial charge in [0, 0.05) is 18.2 Å². The molecule has 0 bridgehead atoms. The van der Waals surface area contributed by atoms with Crippen LogP contribution >= 0.6 is 11.6 Å². The van der Waals surface area contributed by atoms with Crippen LogP contribution in [0.25, 0.3) is 0 Å². The largest absolute Gasteiger partial charge is 0.462 e. The molecule has 0 radical (unpaired) electrons. The number of rotatable bonds is 6. The highest BCUT2D eigenvalue weighted by Crippen LogP contribution is 2.24. The third kappa shape index (κ3) is 5.58. The number of aryl methyl sites for hydroxylation is 1. The Balaban J connectivity index is 1.55. The van der Waals surface area contributed by atoms with Crippen LogP contribution in [0.4, 0.5) is 5.69 Å². The van der Waals surface area contributed by atoms with E-state index in [0.717, 1.165) is 32.5 Å². The lowest BCUT2D eigenvalue weighted by atomic mass is 9.95. The van der Waals surface area contributed by atoms with Crippen molar-refractivity contribution in [1.29, 1.82) is 0 Å². The predicted octanol–water partition coefficient (Wildman–Crippen LogP) is 4.68. The van der Waals surface area contributed by atoms with Crippen LogP contribution in [-0.2, 0) is 16.1 Å². The van der Waals surface area contributed by atoms with Gasteiger partial charge in [0.15, 0.2) is 0 Å². The number of ether oxygens (including phenoxy) is 1. The van der Waals surface area contributed by atoms with Crippen molar-refractivity contribution < 1.29 is 14.3 Å². The Morgan fingerprint density at radius 1 is 1.17 bits per heavy atom. The van der Waals surface area contributed by atoms with Crippen molar-refractivity contribution >= 4 is 29.2 Å². The van der Waals surface area contributed by atoms with Crippen LogP contribution in [0.5, 0.6) is 0 Å². The second-order valence-electron chi connectivity index (χ2n) is 7.38. The number of anilines is 1. The molecule has 0 saturated carbocycles. The number of likely N-dealkylation sites (tertiary alicyclic amines) is 1. The summed E-state index contributed by atoms with van der Waals surface area (Å²) in [4.78, 5) is 27.1. The second-order valence-corrected chi connectivity index (χ2v) is 7.79. The molecule has 2 aromatic carbocycles. The van der Waals surface area contributed by atoms with Crippen molar-refractivity contribution in [3.8, 4) is 0 Å². The van der Waals surface area contributed by atoms with E-state index in [0.29, 0.717) is 10.7 Å². The molecule has 1 heterocycles. The molecule has 0 atom stereocenters. The molecule has 0 aromatic heterocycles. The molecule has 1 amide bonds. The zero-order valence-electron chi connectivity index (χ0n) is 16.9. The van der Waals surface area contributed by atoms with Crippen molar-refractivity contribution in [3.63, 3.8) is 0 Å². The highest BCUT2D eigenvalue weighted by atomic mass is 35.5. The number of hydrogen-bond donors (Lipinski definition) is 1. The molecule has 5 nitrogen and oxygen atoms in total. The number of halogens is 1. The molecule has 0 aliphatic carbocycles. The monoisotopic (exact) mass is 414 g/mol. The summed E-state index contributed by atoms with van der Waals surface area (Å²) in [5.74, 6) is -0.541. The summed E-state index contributed by atoms with van der Waals surface area (Å²) in [5, 5.41) is 3.24. The summed E-state index contributed by atoms with van der Waals surface area (Å²) in [7, 11) is 0. The number of benzene rings is 2. The minimum Gasteiger partial charge on any atom is -0.462 e. The van der Waals surface area contributed by atoms with E-state index in [1.54, 1.807) is 25.1 Å². The highest BCUT2D eigenvalue weighted by Gasteiger charge is 2.25. The number of nitrogens with zero attached hydrogens (tertiary/aromatic N) is 1. The number of carbonyl (C=O) groups is 2. The first-order valence-corrected chi connectivity index (χ1v) is 10.4. The molecule has 6 heteroatoms.